The van der Waals surface area contributed by atoms with Crippen LogP contribution in [0.4, 0.5) is 4.79 Å². The van der Waals surface area contributed by atoms with Gasteiger partial charge in [0, 0.05) is 12.1 Å². The quantitative estimate of drug-likeness (QED) is 0.489. The van der Waals surface area contributed by atoms with E-state index in [1.807, 2.05) is 31.2 Å². The highest BCUT2D eigenvalue weighted by molar-refractivity contribution is 6.01. The average molecular weight is 353 g/mol. The number of urea groups is 1. The lowest BCUT2D eigenvalue weighted by molar-refractivity contribution is -0.125. The number of hydroxylamine groups is 1. The number of benzene rings is 2. The summed E-state index contributed by atoms with van der Waals surface area (Å²) in [6.45, 7) is 2.57. The molecule has 7 heteroatoms. The van der Waals surface area contributed by atoms with Crippen molar-refractivity contribution in [2.75, 3.05) is 6.54 Å². The van der Waals surface area contributed by atoms with Crippen molar-refractivity contribution in [1.82, 2.24) is 15.3 Å². The second kappa shape index (κ2) is 7.37. The molecule has 1 aliphatic rings. The number of imide groups is 1. The lowest BCUT2D eigenvalue weighted by atomic mass is 10.1. The van der Waals surface area contributed by atoms with E-state index in [1.165, 1.54) is 21.9 Å². The molecule has 0 aliphatic carbocycles. The Morgan fingerprint density at radius 1 is 1.00 bits per heavy atom. The molecule has 7 nitrogen and oxygen atoms in total. The number of hydrogen-bond acceptors (Lipinski definition) is 4. The van der Waals surface area contributed by atoms with Crippen molar-refractivity contribution in [2.45, 2.75) is 20.0 Å². The van der Waals surface area contributed by atoms with Crippen LogP contribution in [0.2, 0.25) is 0 Å². The number of aryl methyl sites for hydroxylation is 1. The maximum Gasteiger partial charge on any atom is 0.327 e. The molecule has 1 saturated heterocycles. The van der Waals surface area contributed by atoms with E-state index >= 15 is 0 Å². The summed E-state index contributed by atoms with van der Waals surface area (Å²) in [6, 6.07) is 13.8. The van der Waals surface area contributed by atoms with E-state index in [-0.39, 0.29) is 30.6 Å². The van der Waals surface area contributed by atoms with Crippen LogP contribution in [0, 0.1) is 6.92 Å². The molecule has 3 rings (SSSR count). The summed E-state index contributed by atoms with van der Waals surface area (Å²) in [5, 5.41) is 8.62. The molecule has 134 valence electrons. The first-order valence-electron chi connectivity index (χ1n) is 8.16. The van der Waals surface area contributed by atoms with Gasteiger partial charge in [-0.15, -0.1) is 0 Å². The van der Waals surface area contributed by atoms with Crippen molar-refractivity contribution in [3.05, 3.63) is 70.8 Å². The summed E-state index contributed by atoms with van der Waals surface area (Å²) in [7, 11) is 0. The van der Waals surface area contributed by atoms with Crippen molar-refractivity contribution < 1.29 is 19.6 Å². The van der Waals surface area contributed by atoms with E-state index < -0.39 is 5.91 Å². The van der Waals surface area contributed by atoms with Gasteiger partial charge in [0.1, 0.15) is 6.54 Å². The summed E-state index contributed by atoms with van der Waals surface area (Å²) < 4.78 is 0. The Hall–Kier alpha value is -3.19. The van der Waals surface area contributed by atoms with Crippen molar-refractivity contribution in [3.8, 4) is 0 Å². The molecule has 2 aromatic rings. The third-order valence-electron chi connectivity index (χ3n) is 4.28. The molecule has 26 heavy (non-hydrogen) atoms. The van der Waals surface area contributed by atoms with Crippen LogP contribution in [0.3, 0.4) is 0 Å². The van der Waals surface area contributed by atoms with Crippen molar-refractivity contribution >= 4 is 17.8 Å². The Kier molecular flexibility index (Phi) is 4.99. The summed E-state index contributed by atoms with van der Waals surface area (Å²) in [4.78, 5) is 38.8. The van der Waals surface area contributed by atoms with Crippen LogP contribution >= 0.6 is 0 Å². The number of carbonyl (C=O) groups excluding carboxylic acids is 3. The molecule has 0 spiro atoms. The Labute approximate surface area is 150 Å². The third kappa shape index (κ3) is 3.73. The second-order valence-electron chi connectivity index (χ2n) is 6.24. The Bertz CT molecular complexity index is 831. The molecule has 0 radical (unpaired) electrons. The molecule has 2 N–H and O–H groups in total. The van der Waals surface area contributed by atoms with Crippen LogP contribution in [0.15, 0.2) is 48.5 Å². The van der Waals surface area contributed by atoms with Crippen molar-refractivity contribution in [2.24, 2.45) is 0 Å². The molecule has 1 fully saturated rings. The van der Waals surface area contributed by atoms with Gasteiger partial charge in [0.25, 0.3) is 11.8 Å². The maximum atomic E-state index is 12.5. The highest BCUT2D eigenvalue weighted by Crippen LogP contribution is 2.18. The fourth-order valence-corrected chi connectivity index (χ4v) is 2.80. The summed E-state index contributed by atoms with van der Waals surface area (Å²) in [6.07, 6.45) is 0. The van der Waals surface area contributed by atoms with Crippen LogP contribution in [-0.2, 0) is 17.9 Å². The van der Waals surface area contributed by atoms with Gasteiger partial charge in [0.15, 0.2) is 0 Å². The van der Waals surface area contributed by atoms with Gasteiger partial charge in [-0.25, -0.2) is 10.3 Å². The van der Waals surface area contributed by atoms with Crippen LogP contribution in [0.5, 0.6) is 0 Å². The fraction of sp³-hybridized carbons (Fsp3) is 0.211. The van der Waals surface area contributed by atoms with Crippen LogP contribution in [-0.4, -0.2) is 39.4 Å². The van der Waals surface area contributed by atoms with Crippen LogP contribution in [0.25, 0.3) is 0 Å². The highest BCUT2D eigenvalue weighted by Gasteiger charge is 2.35. The molecular weight excluding hydrogens is 334 g/mol. The molecule has 0 aromatic heterocycles. The summed E-state index contributed by atoms with van der Waals surface area (Å²) in [5.74, 6) is -0.867. The first-order valence-corrected chi connectivity index (χ1v) is 8.16. The molecule has 1 aliphatic heterocycles. The van der Waals surface area contributed by atoms with Crippen molar-refractivity contribution in [3.63, 3.8) is 0 Å². The van der Waals surface area contributed by atoms with Gasteiger partial charge in [0.2, 0.25) is 0 Å². The first-order chi connectivity index (χ1) is 12.5. The van der Waals surface area contributed by atoms with E-state index in [0.29, 0.717) is 6.54 Å². The number of carbonyl (C=O) groups is 3. The van der Waals surface area contributed by atoms with Crippen LogP contribution < -0.4 is 5.48 Å². The Morgan fingerprint density at radius 3 is 2.19 bits per heavy atom. The summed E-state index contributed by atoms with van der Waals surface area (Å²) in [5.41, 5.74) is 4.67. The predicted octanol–water partition coefficient (Wildman–Crippen LogP) is 2.08. The van der Waals surface area contributed by atoms with Gasteiger partial charge in [-0.1, -0.05) is 42.0 Å². The zero-order valence-corrected chi connectivity index (χ0v) is 14.3. The Balaban J connectivity index is 1.67. The molecule has 0 bridgehead atoms. The fourth-order valence-electron chi connectivity index (χ4n) is 2.80. The minimum Gasteiger partial charge on any atom is -0.311 e. The lowest BCUT2D eigenvalue weighted by Gasteiger charge is -2.17. The van der Waals surface area contributed by atoms with E-state index in [2.05, 4.69) is 0 Å². The molecule has 0 unspecified atom stereocenters. The number of hydrogen-bond donors (Lipinski definition) is 2. The van der Waals surface area contributed by atoms with Gasteiger partial charge >= 0.3 is 6.03 Å². The smallest absolute Gasteiger partial charge is 0.311 e. The van der Waals surface area contributed by atoms with E-state index in [4.69, 9.17) is 5.21 Å². The standard InChI is InChI=1S/C19H19N3O4/c1-13-2-4-14(5-3-13)10-21-12-17(23)22(19(21)25)11-15-6-8-16(9-7-15)18(24)20-26/h2-9,26H,10-12H2,1H3,(H,20,24). The minimum absolute atomic E-state index is 0.0533. The lowest BCUT2D eigenvalue weighted by Crippen LogP contribution is -2.32. The van der Waals surface area contributed by atoms with Crippen LogP contribution in [0.1, 0.15) is 27.0 Å². The van der Waals surface area contributed by atoms with Gasteiger partial charge in [-0.2, -0.15) is 0 Å². The molecule has 0 saturated carbocycles. The zero-order chi connectivity index (χ0) is 18.7. The van der Waals surface area contributed by atoms with E-state index in [0.717, 1.165) is 16.7 Å². The SMILES string of the molecule is Cc1ccc(CN2CC(=O)N(Cc3ccc(C(=O)NO)cc3)C2=O)cc1. The molecule has 0 atom stereocenters. The topological polar surface area (TPSA) is 90.0 Å². The first kappa shape index (κ1) is 17.6. The summed E-state index contributed by atoms with van der Waals surface area (Å²) >= 11 is 0. The van der Waals surface area contributed by atoms with Crippen molar-refractivity contribution in [1.29, 1.82) is 0 Å². The molecule has 2 aromatic carbocycles. The maximum absolute atomic E-state index is 12.5. The number of nitrogens with zero attached hydrogens (tertiary/aromatic N) is 2. The van der Waals surface area contributed by atoms with Gasteiger partial charge in [0.05, 0.1) is 6.54 Å². The predicted molar refractivity (Wildman–Crippen MR) is 93.2 cm³/mol. The van der Waals surface area contributed by atoms with E-state index in [1.54, 1.807) is 17.6 Å². The normalized spacial score (nSPS) is 14.1. The largest absolute Gasteiger partial charge is 0.327 e. The third-order valence-corrected chi connectivity index (χ3v) is 4.28. The highest BCUT2D eigenvalue weighted by atomic mass is 16.5. The molecular formula is C19H19N3O4. The van der Waals surface area contributed by atoms with Gasteiger partial charge < -0.3 is 4.90 Å². The Morgan fingerprint density at radius 2 is 1.58 bits per heavy atom. The zero-order valence-electron chi connectivity index (χ0n) is 14.3. The average Bonchev–Trinajstić information content (AvgIpc) is 2.91. The number of amides is 4. The van der Waals surface area contributed by atoms with Gasteiger partial charge in [-0.3, -0.25) is 19.7 Å². The number of nitrogens with one attached hydrogen (secondary N) is 1. The number of rotatable bonds is 5. The molecule has 1 heterocycles. The van der Waals surface area contributed by atoms with Gasteiger partial charge in [-0.05, 0) is 30.2 Å². The molecule has 4 amide bonds. The second-order valence-corrected chi connectivity index (χ2v) is 6.24. The van der Waals surface area contributed by atoms with E-state index in [9.17, 15) is 14.4 Å². The minimum atomic E-state index is -0.617. The monoisotopic (exact) mass is 353 g/mol.